The van der Waals surface area contributed by atoms with Gasteiger partial charge in [0.15, 0.2) is 0 Å². The molecule has 0 radical (unpaired) electrons. The number of hydrogen-bond acceptors (Lipinski definition) is 4. The van der Waals surface area contributed by atoms with Crippen molar-refractivity contribution < 1.29 is 9.21 Å². The maximum absolute atomic E-state index is 12.9. The van der Waals surface area contributed by atoms with E-state index in [0.29, 0.717) is 24.7 Å². The van der Waals surface area contributed by atoms with Gasteiger partial charge in [-0.25, -0.2) is 0 Å². The van der Waals surface area contributed by atoms with Crippen molar-refractivity contribution in [3.8, 4) is 0 Å². The number of hydrogen-bond donors (Lipinski definition) is 0. The lowest BCUT2D eigenvalue weighted by molar-refractivity contribution is -0.136. The lowest BCUT2D eigenvalue weighted by Crippen LogP contribution is -2.45. The molecule has 1 aromatic heterocycles. The van der Waals surface area contributed by atoms with Gasteiger partial charge in [-0.05, 0) is 38.3 Å². The molecular formula is C18H25N3O2. The third kappa shape index (κ3) is 4.41. The maximum atomic E-state index is 12.9. The van der Waals surface area contributed by atoms with Gasteiger partial charge < -0.3 is 9.32 Å². The lowest BCUT2D eigenvalue weighted by atomic mass is 9.99. The fraction of sp³-hybridized carbons (Fsp3) is 0.500. The van der Waals surface area contributed by atoms with Crippen molar-refractivity contribution in [2.75, 3.05) is 0 Å². The SMILES string of the molecule is CCc1ccccc1CC(=O)N(Cc1nnc(C)o1)C(C)(C)C. The normalized spacial score (nSPS) is 11.5. The Hall–Kier alpha value is -2.17. The van der Waals surface area contributed by atoms with Crippen LogP contribution in [0.25, 0.3) is 0 Å². The van der Waals surface area contributed by atoms with Crippen LogP contribution in [0.4, 0.5) is 0 Å². The summed E-state index contributed by atoms with van der Waals surface area (Å²) in [5.74, 6) is 1.04. The number of benzene rings is 1. The van der Waals surface area contributed by atoms with E-state index in [1.54, 1.807) is 11.8 Å². The highest BCUT2D eigenvalue weighted by atomic mass is 16.4. The van der Waals surface area contributed by atoms with E-state index in [2.05, 4.69) is 23.2 Å². The van der Waals surface area contributed by atoms with Gasteiger partial charge in [-0.15, -0.1) is 10.2 Å². The van der Waals surface area contributed by atoms with Gasteiger partial charge in [0.2, 0.25) is 17.7 Å². The highest BCUT2D eigenvalue weighted by molar-refractivity contribution is 5.79. The number of rotatable bonds is 5. The summed E-state index contributed by atoms with van der Waals surface area (Å²) >= 11 is 0. The second kappa shape index (κ2) is 6.94. The van der Waals surface area contributed by atoms with Gasteiger partial charge in [0.05, 0.1) is 13.0 Å². The smallest absolute Gasteiger partial charge is 0.235 e. The monoisotopic (exact) mass is 315 g/mol. The molecule has 0 aliphatic carbocycles. The van der Waals surface area contributed by atoms with Crippen LogP contribution < -0.4 is 0 Å². The Labute approximate surface area is 137 Å². The Morgan fingerprint density at radius 3 is 2.35 bits per heavy atom. The number of carbonyl (C=O) groups excluding carboxylic acids is 1. The Balaban J connectivity index is 2.20. The molecule has 0 unspecified atom stereocenters. The summed E-state index contributed by atoms with van der Waals surface area (Å²) in [7, 11) is 0. The zero-order valence-electron chi connectivity index (χ0n) is 14.6. The molecule has 1 aromatic carbocycles. The van der Waals surface area contributed by atoms with Crippen molar-refractivity contribution in [2.45, 2.75) is 59.5 Å². The van der Waals surface area contributed by atoms with Crippen molar-refractivity contribution in [3.05, 3.63) is 47.2 Å². The van der Waals surface area contributed by atoms with Crippen molar-refractivity contribution >= 4 is 5.91 Å². The predicted octanol–water partition coefficient (Wildman–Crippen LogP) is 3.31. The molecule has 2 rings (SSSR count). The zero-order chi connectivity index (χ0) is 17.0. The number of nitrogens with zero attached hydrogens (tertiary/aromatic N) is 3. The van der Waals surface area contributed by atoms with Crippen molar-refractivity contribution in [3.63, 3.8) is 0 Å². The van der Waals surface area contributed by atoms with E-state index >= 15 is 0 Å². The number of aryl methyl sites for hydroxylation is 2. The first-order valence-electron chi connectivity index (χ1n) is 7.97. The van der Waals surface area contributed by atoms with Gasteiger partial charge >= 0.3 is 0 Å². The standard InChI is InChI=1S/C18H25N3O2/c1-6-14-9-7-8-10-15(14)11-17(22)21(18(3,4)5)12-16-20-19-13(2)23-16/h7-10H,6,11-12H2,1-5H3. The Morgan fingerprint density at radius 2 is 1.83 bits per heavy atom. The molecule has 0 aliphatic rings. The summed E-state index contributed by atoms with van der Waals surface area (Å²) in [5, 5.41) is 7.85. The van der Waals surface area contributed by atoms with Gasteiger partial charge in [0, 0.05) is 12.5 Å². The van der Waals surface area contributed by atoms with Crippen LogP contribution in [0, 0.1) is 6.92 Å². The molecule has 0 spiro atoms. The minimum Gasteiger partial charge on any atom is -0.424 e. The molecule has 0 saturated heterocycles. The predicted molar refractivity (Wildman–Crippen MR) is 88.9 cm³/mol. The fourth-order valence-corrected chi connectivity index (χ4v) is 2.57. The van der Waals surface area contributed by atoms with E-state index in [-0.39, 0.29) is 11.4 Å². The van der Waals surface area contributed by atoms with Crippen LogP contribution in [0.1, 0.15) is 50.6 Å². The Kier molecular flexibility index (Phi) is 5.19. The van der Waals surface area contributed by atoms with Gasteiger partial charge in [0.1, 0.15) is 0 Å². The van der Waals surface area contributed by atoms with E-state index in [9.17, 15) is 4.79 Å². The van der Waals surface area contributed by atoms with Crippen LogP contribution in [0.5, 0.6) is 0 Å². The molecule has 5 heteroatoms. The molecule has 2 aromatic rings. The van der Waals surface area contributed by atoms with Crippen LogP contribution >= 0.6 is 0 Å². The van der Waals surface area contributed by atoms with Gasteiger partial charge in [-0.2, -0.15) is 0 Å². The van der Waals surface area contributed by atoms with E-state index in [1.165, 1.54) is 5.56 Å². The van der Waals surface area contributed by atoms with Gasteiger partial charge in [-0.3, -0.25) is 4.79 Å². The first-order valence-corrected chi connectivity index (χ1v) is 7.97. The van der Waals surface area contributed by atoms with Crippen LogP contribution in [0.15, 0.2) is 28.7 Å². The highest BCUT2D eigenvalue weighted by Gasteiger charge is 2.28. The molecule has 124 valence electrons. The molecule has 1 heterocycles. The Morgan fingerprint density at radius 1 is 1.17 bits per heavy atom. The lowest BCUT2D eigenvalue weighted by Gasteiger charge is -2.35. The number of aromatic nitrogens is 2. The Bertz CT molecular complexity index is 671. The molecule has 0 aliphatic heterocycles. The van der Waals surface area contributed by atoms with Crippen molar-refractivity contribution in [2.24, 2.45) is 0 Å². The summed E-state index contributed by atoms with van der Waals surface area (Å²) < 4.78 is 5.44. The summed E-state index contributed by atoms with van der Waals surface area (Å²) in [6.45, 7) is 10.2. The van der Waals surface area contributed by atoms with Crippen molar-refractivity contribution in [1.82, 2.24) is 15.1 Å². The second-order valence-corrected chi connectivity index (χ2v) is 6.66. The molecule has 23 heavy (non-hydrogen) atoms. The van der Waals surface area contributed by atoms with Crippen LogP contribution in [0.2, 0.25) is 0 Å². The minimum atomic E-state index is -0.319. The quantitative estimate of drug-likeness (QED) is 0.849. The van der Waals surface area contributed by atoms with Crippen LogP contribution in [-0.4, -0.2) is 26.5 Å². The molecule has 5 nitrogen and oxygen atoms in total. The average molecular weight is 315 g/mol. The second-order valence-electron chi connectivity index (χ2n) is 6.66. The molecular weight excluding hydrogens is 290 g/mol. The molecule has 0 bridgehead atoms. The van der Waals surface area contributed by atoms with Gasteiger partial charge in [-0.1, -0.05) is 31.2 Å². The third-order valence-electron chi connectivity index (χ3n) is 3.81. The minimum absolute atomic E-state index is 0.0641. The molecule has 1 amide bonds. The number of carbonyl (C=O) groups is 1. The first-order chi connectivity index (χ1) is 10.8. The fourth-order valence-electron chi connectivity index (χ4n) is 2.57. The summed E-state index contributed by atoms with van der Waals surface area (Å²) in [6.07, 6.45) is 1.30. The third-order valence-corrected chi connectivity index (χ3v) is 3.81. The van der Waals surface area contributed by atoms with E-state index in [0.717, 1.165) is 12.0 Å². The summed E-state index contributed by atoms with van der Waals surface area (Å²) in [5.41, 5.74) is 1.97. The molecule has 0 N–H and O–H groups in total. The van der Waals surface area contributed by atoms with E-state index < -0.39 is 0 Å². The van der Waals surface area contributed by atoms with E-state index in [4.69, 9.17) is 4.42 Å². The zero-order valence-corrected chi connectivity index (χ0v) is 14.6. The number of amides is 1. The molecule has 0 atom stereocenters. The molecule has 0 fully saturated rings. The molecule has 0 saturated carbocycles. The van der Waals surface area contributed by atoms with Crippen LogP contribution in [-0.2, 0) is 24.2 Å². The first kappa shape index (κ1) is 17.2. The largest absolute Gasteiger partial charge is 0.424 e. The maximum Gasteiger partial charge on any atom is 0.235 e. The highest BCUT2D eigenvalue weighted by Crippen LogP contribution is 2.20. The summed E-state index contributed by atoms with van der Waals surface area (Å²) in [4.78, 5) is 14.7. The van der Waals surface area contributed by atoms with Crippen molar-refractivity contribution in [1.29, 1.82) is 0 Å². The van der Waals surface area contributed by atoms with E-state index in [1.807, 2.05) is 39.0 Å². The topological polar surface area (TPSA) is 59.2 Å². The van der Waals surface area contributed by atoms with Crippen LogP contribution in [0.3, 0.4) is 0 Å². The van der Waals surface area contributed by atoms with Gasteiger partial charge in [0.25, 0.3) is 0 Å². The average Bonchev–Trinajstić information content (AvgIpc) is 2.89. The summed E-state index contributed by atoms with van der Waals surface area (Å²) in [6, 6.07) is 8.08.